The molecule has 188 valence electrons. The van der Waals surface area contributed by atoms with Gasteiger partial charge in [-0.25, -0.2) is 0 Å². The first kappa shape index (κ1) is 25.4. The Hall–Kier alpha value is -4.72. The highest BCUT2D eigenvalue weighted by Gasteiger charge is 2.12. The van der Waals surface area contributed by atoms with Gasteiger partial charge < -0.3 is 15.4 Å². The van der Waals surface area contributed by atoms with Crippen molar-refractivity contribution in [3.05, 3.63) is 114 Å². The van der Waals surface area contributed by atoms with Crippen LogP contribution in [-0.2, 0) is 6.54 Å². The van der Waals surface area contributed by atoms with Gasteiger partial charge in [-0.3, -0.25) is 19.3 Å². The van der Waals surface area contributed by atoms with Crippen molar-refractivity contribution >= 4 is 17.9 Å². The summed E-state index contributed by atoms with van der Waals surface area (Å²) in [5.74, 6) is 0.996. The van der Waals surface area contributed by atoms with Gasteiger partial charge in [0, 0.05) is 36.1 Å². The molecule has 2 heterocycles. The van der Waals surface area contributed by atoms with Crippen molar-refractivity contribution in [1.29, 1.82) is 0 Å². The van der Waals surface area contributed by atoms with Gasteiger partial charge in [-0.1, -0.05) is 42.5 Å². The third-order valence-electron chi connectivity index (χ3n) is 5.43. The van der Waals surface area contributed by atoms with E-state index in [0.29, 0.717) is 18.7 Å². The quantitative estimate of drug-likeness (QED) is 0.332. The van der Waals surface area contributed by atoms with Crippen LogP contribution in [0.5, 0.6) is 11.5 Å². The zero-order chi connectivity index (χ0) is 26.0. The van der Waals surface area contributed by atoms with E-state index in [1.54, 1.807) is 12.3 Å². The smallest absolute Gasteiger partial charge is 0.269 e. The number of nitrogens with one attached hydrogen (secondary N) is 2. The highest BCUT2D eigenvalue weighted by molar-refractivity contribution is 5.98. The summed E-state index contributed by atoms with van der Waals surface area (Å²) in [5, 5.41) is 10.0. The maximum Gasteiger partial charge on any atom is 0.269 e. The van der Waals surface area contributed by atoms with E-state index >= 15 is 0 Å². The Bertz CT molecular complexity index is 1360. The Labute approximate surface area is 216 Å². The second-order valence-electron chi connectivity index (χ2n) is 8.44. The Morgan fingerprint density at radius 3 is 2.54 bits per heavy atom. The van der Waals surface area contributed by atoms with Crippen LogP contribution in [0.1, 0.15) is 45.8 Å². The molecular formula is C29H29N5O3. The average Bonchev–Trinajstić information content (AvgIpc) is 3.36. The van der Waals surface area contributed by atoms with E-state index in [1.807, 2.05) is 91.5 Å². The molecule has 0 saturated heterocycles. The van der Waals surface area contributed by atoms with Crippen LogP contribution >= 0.6 is 0 Å². The summed E-state index contributed by atoms with van der Waals surface area (Å²) in [5.41, 5.74) is 2.62. The Balaban J connectivity index is 1.29. The molecule has 0 radical (unpaired) electrons. The van der Waals surface area contributed by atoms with E-state index in [-0.39, 0.29) is 23.6 Å². The highest BCUT2D eigenvalue weighted by Crippen LogP contribution is 2.21. The van der Waals surface area contributed by atoms with Crippen molar-refractivity contribution in [2.75, 3.05) is 6.54 Å². The number of ether oxygens (including phenoxy) is 1. The first-order valence-corrected chi connectivity index (χ1v) is 12.1. The van der Waals surface area contributed by atoms with Gasteiger partial charge in [0.2, 0.25) is 0 Å². The van der Waals surface area contributed by atoms with Crippen molar-refractivity contribution in [2.24, 2.45) is 0 Å². The molecule has 8 nitrogen and oxygen atoms in total. The first-order valence-electron chi connectivity index (χ1n) is 12.1. The van der Waals surface area contributed by atoms with Gasteiger partial charge in [-0.15, -0.1) is 0 Å². The largest absolute Gasteiger partial charge is 0.457 e. The number of benzene rings is 2. The van der Waals surface area contributed by atoms with Crippen LogP contribution < -0.4 is 15.4 Å². The van der Waals surface area contributed by atoms with Gasteiger partial charge in [0.25, 0.3) is 11.8 Å². The van der Waals surface area contributed by atoms with Crippen LogP contribution in [0.3, 0.4) is 0 Å². The molecule has 0 aliphatic rings. The van der Waals surface area contributed by atoms with Crippen LogP contribution in [0.2, 0.25) is 0 Å². The van der Waals surface area contributed by atoms with Gasteiger partial charge in [-0.05, 0) is 55.8 Å². The lowest BCUT2D eigenvalue weighted by atomic mass is 10.2. The summed E-state index contributed by atoms with van der Waals surface area (Å²) in [6.07, 6.45) is 8.98. The number of amides is 2. The Kier molecular flexibility index (Phi) is 8.44. The molecule has 0 fully saturated rings. The number of nitrogens with zero attached hydrogens (tertiary/aromatic N) is 3. The van der Waals surface area contributed by atoms with Gasteiger partial charge in [0.15, 0.2) is 0 Å². The number of rotatable bonds is 10. The van der Waals surface area contributed by atoms with Crippen molar-refractivity contribution in [3.63, 3.8) is 0 Å². The summed E-state index contributed by atoms with van der Waals surface area (Å²) in [6, 6.07) is 20.4. The zero-order valence-corrected chi connectivity index (χ0v) is 20.8. The molecule has 4 rings (SSSR count). The number of para-hydroxylation sites is 1. The summed E-state index contributed by atoms with van der Waals surface area (Å²) >= 11 is 0. The van der Waals surface area contributed by atoms with Crippen molar-refractivity contribution < 1.29 is 14.3 Å². The van der Waals surface area contributed by atoms with Crippen LogP contribution in [0.15, 0.2) is 91.4 Å². The minimum atomic E-state index is -0.307. The molecule has 37 heavy (non-hydrogen) atoms. The Morgan fingerprint density at radius 2 is 1.78 bits per heavy atom. The second kappa shape index (κ2) is 12.3. The molecule has 2 aromatic heterocycles. The van der Waals surface area contributed by atoms with Gasteiger partial charge in [0.1, 0.15) is 17.2 Å². The monoisotopic (exact) mass is 495 g/mol. The third-order valence-corrected chi connectivity index (χ3v) is 5.43. The number of carbonyl (C=O) groups is 2. The van der Waals surface area contributed by atoms with Crippen molar-refractivity contribution in [2.45, 2.75) is 26.4 Å². The molecule has 0 aliphatic carbocycles. The fraction of sp³-hybridized carbons (Fsp3) is 0.172. The van der Waals surface area contributed by atoms with Crippen LogP contribution in [0, 0.1) is 0 Å². The lowest BCUT2D eigenvalue weighted by Crippen LogP contribution is -2.31. The van der Waals surface area contributed by atoms with Crippen LogP contribution in [0.4, 0.5) is 0 Å². The predicted octanol–water partition coefficient (Wildman–Crippen LogP) is 4.70. The number of pyridine rings is 1. The zero-order valence-electron chi connectivity index (χ0n) is 20.8. The standard InChI is InChI=1S/C29H29N5O3/c1-3-30-29(36)27-17-24(15-16-31-27)28(35)33-21(2)9-10-23-18-32-34(20-23)19-22-11-13-26(14-12-22)37-25-7-5-4-6-8-25/h4-18,20-21H,3,19H2,1-2H3,(H,30,36)(H,33,35)/t21-/m0/s1. The number of carbonyl (C=O) groups excluding carboxylic acids is 2. The molecule has 2 amide bonds. The minimum Gasteiger partial charge on any atom is -0.457 e. The lowest BCUT2D eigenvalue weighted by molar-refractivity contribution is 0.0947. The van der Waals surface area contributed by atoms with E-state index in [9.17, 15) is 9.59 Å². The van der Waals surface area contributed by atoms with E-state index in [2.05, 4.69) is 20.7 Å². The lowest BCUT2D eigenvalue weighted by Gasteiger charge is -2.10. The molecule has 0 saturated carbocycles. The molecule has 2 N–H and O–H groups in total. The van der Waals surface area contributed by atoms with Gasteiger partial charge in [0.05, 0.1) is 12.7 Å². The molecule has 0 aliphatic heterocycles. The molecule has 1 atom stereocenters. The first-order chi connectivity index (χ1) is 18.0. The summed E-state index contributed by atoms with van der Waals surface area (Å²) in [7, 11) is 0. The SMILES string of the molecule is CCNC(=O)c1cc(C(=O)N[C@@H](C)C=Cc2cnn(Cc3ccc(Oc4ccccc4)cc3)c2)ccn1. The fourth-order valence-corrected chi connectivity index (χ4v) is 3.57. The van der Waals surface area contributed by atoms with E-state index in [1.165, 1.54) is 12.3 Å². The molecule has 8 heteroatoms. The maximum absolute atomic E-state index is 12.6. The van der Waals surface area contributed by atoms with E-state index < -0.39 is 0 Å². The third kappa shape index (κ3) is 7.38. The molecule has 0 unspecified atom stereocenters. The Morgan fingerprint density at radius 1 is 1.03 bits per heavy atom. The molecular weight excluding hydrogens is 466 g/mol. The molecule has 0 spiro atoms. The van der Waals surface area contributed by atoms with Gasteiger partial charge >= 0.3 is 0 Å². The summed E-state index contributed by atoms with van der Waals surface area (Å²) in [6.45, 7) is 4.82. The topological polar surface area (TPSA) is 98.1 Å². The molecule has 0 bridgehead atoms. The normalized spacial score (nSPS) is 11.7. The average molecular weight is 496 g/mol. The summed E-state index contributed by atoms with van der Waals surface area (Å²) in [4.78, 5) is 28.6. The number of aromatic nitrogens is 3. The minimum absolute atomic E-state index is 0.212. The number of hydrogen-bond acceptors (Lipinski definition) is 5. The van der Waals surface area contributed by atoms with E-state index in [4.69, 9.17) is 4.74 Å². The maximum atomic E-state index is 12.6. The fourth-order valence-electron chi connectivity index (χ4n) is 3.57. The second-order valence-corrected chi connectivity index (χ2v) is 8.44. The van der Waals surface area contributed by atoms with E-state index in [0.717, 1.165) is 22.6 Å². The van der Waals surface area contributed by atoms with Crippen LogP contribution in [0.25, 0.3) is 6.08 Å². The van der Waals surface area contributed by atoms with Crippen molar-refractivity contribution in [1.82, 2.24) is 25.4 Å². The van der Waals surface area contributed by atoms with Gasteiger partial charge in [-0.2, -0.15) is 5.10 Å². The van der Waals surface area contributed by atoms with Crippen molar-refractivity contribution in [3.8, 4) is 11.5 Å². The molecule has 2 aromatic carbocycles. The van der Waals surface area contributed by atoms with Crippen LogP contribution in [-0.4, -0.2) is 39.2 Å². The molecule has 4 aromatic rings. The summed E-state index contributed by atoms with van der Waals surface area (Å²) < 4.78 is 7.70. The number of hydrogen-bond donors (Lipinski definition) is 2. The predicted molar refractivity (Wildman–Crippen MR) is 142 cm³/mol. The highest BCUT2D eigenvalue weighted by atomic mass is 16.5.